The minimum atomic E-state index is 0. The first-order chi connectivity index (χ1) is 0. The standard InChI is InChI=1S/Cu.Nb.V.W. The molecule has 0 spiro atoms. The van der Waals surface area contributed by atoms with Gasteiger partial charge < -0.3 is 0 Å². The molecule has 0 rings (SSSR count). The van der Waals surface area contributed by atoms with Gasteiger partial charge in [-0.2, -0.15) is 0 Å². The van der Waals surface area contributed by atoms with Crippen molar-refractivity contribution in [2.45, 2.75) is 0 Å². The van der Waals surface area contributed by atoms with Gasteiger partial charge in [0.1, 0.15) is 0 Å². The van der Waals surface area contributed by atoms with Crippen LogP contribution in [0.2, 0.25) is 0 Å². The molecule has 0 aromatic carbocycles. The molecule has 0 aliphatic heterocycles. The Hall–Kier alpha value is 2.53. The summed E-state index contributed by atoms with van der Waals surface area (Å²) in [4.78, 5) is 0. The van der Waals surface area contributed by atoms with Crippen LogP contribution >= 0.6 is 0 Å². The number of hydrogen-bond acceptors (Lipinski definition) is 0. The van der Waals surface area contributed by atoms with Gasteiger partial charge in [-0.25, -0.2) is 0 Å². The van der Waals surface area contributed by atoms with E-state index in [0.29, 0.717) is 0 Å². The Labute approximate surface area is 78.0 Å². The molecule has 0 unspecified atom stereocenters. The van der Waals surface area contributed by atoms with Gasteiger partial charge in [0.05, 0.1) is 0 Å². The molecule has 4 heavy (non-hydrogen) atoms. The van der Waals surface area contributed by atoms with E-state index in [4.69, 9.17) is 0 Å². The van der Waals surface area contributed by atoms with Gasteiger partial charge >= 0.3 is 0 Å². The monoisotopic (exact) mass is 391 g/mol. The Morgan fingerprint density at radius 1 is 1.00 bits per heavy atom. The second-order valence-corrected chi connectivity index (χ2v) is 0. The van der Waals surface area contributed by atoms with Gasteiger partial charge in [0, 0.05) is 79.1 Å². The SMILES string of the molecule is [Cu].[Nb].[V].[W]. The fraction of sp³-hybridized carbons (Fsp3) is 0. The van der Waals surface area contributed by atoms with E-state index in [2.05, 4.69) is 0 Å². The summed E-state index contributed by atoms with van der Waals surface area (Å²) >= 11 is 0. The molecule has 0 saturated heterocycles. The second-order valence-electron chi connectivity index (χ2n) is 0. The quantitative estimate of drug-likeness (QED) is 0.510. The van der Waals surface area contributed by atoms with Crippen molar-refractivity contribution >= 4 is 0 Å². The minimum Gasteiger partial charge on any atom is 0 e. The minimum absolute atomic E-state index is 0. The molecular weight excluding hydrogens is 391 g/mol. The molecule has 0 aromatic rings. The molecule has 0 bridgehead atoms. The van der Waals surface area contributed by atoms with Crippen LogP contribution in [-0.2, 0) is 79.1 Å². The topological polar surface area (TPSA) is 0 Å². The van der Waals surface area contributed by atoms with Gasteiger partial charge in [0.25, 0.3) is 0 Å². The summed E-state index contributed by atoms with van der Waals surface area (Å²) in [6.45, 7) is 0. The van der Waals surface area contributed by atoms with Crippen LogP contribution in [0, 0.1) is 0 Å². The van der Waals surface area contributed by atoms with E-state index in [-0.39, 0.29) is 79.1 Å². The largest absolute Gasteiger partial charge is 0 e. The molecule has 0 aromatic heterocycles. The molecule has 0 saturated carbocycles. The summed E-state index contributed by atoms with van der Waals surface area (Å²) in [5.41, 5.74) is 0. The van der Waals surface area contributed by atoms with Crippen molar-refractivity contribution in [3.05, 3.63) is 0 Å². The van der Waals surface area contributed by atoms with Crippen LogP contribution in [0.3, 0.4) is 0 Å². The first-order valence-electron chi connectivity index (χ1n) is 0. The van der Waals surface area contributed by atoms with E-state index in [0.717, 1.165) is 0 Å². The van der Waals surface area contributed by atoms with E-state index >= 15 is 0 Å². The zero-order valence-corrected chi connectivity index (χ0v) is 9.07. The Morgan fingerprint density at radius 3 is 1.00 bits per heavy atom. The summed E-state index contributed by atoms with van der Waals surface area (Å²) in [7, 11) is 0. The average Bonchev–Trinajstić information content (AvgIpc) is 0. The maximum absolute atomic E-state index is 0. The summed E-state index contributed by atoms with van der Waals surface area (Å²) in [5.74, 6) is 0. The first kappa shape index (κ1) is 31.2. The number of rotatable bonds is 0. The summed E-state index contributed by atoms with van der Waals surface area (Å²) in [5, 5.41) is 0. The fourth-order valence-corrected chi connectivity index (χ4v) is 0. The normalized spacial score (nSPS) is 0. The first-order valence-corrected chi connectivity index (χ1v) is 0. The predicted octanol–water partition coefficient (Wildman–Crippen LogP) is -0.0100. The Bertz CT molecular complexity index is 8.00. The smallest absolute Gasteiger partial charge is 0 e. The zero-order chi connectivity index (χ0) is 0. The van der Waals surface area contributed by atoms with Crippen molar-refractivity contribution in [2.24, 2.45) is 0 Å². The van der Waals surface area contributed by atoms with Crippen molar-refractivity contribution in [1.82, 2.24) is 0 Å². The van der Waals surface area contributed by atoms with Crippen LogP contribution in [0.25, 0.3) is 0 Å². The molecule has 0 heterocycles. The van der Waals surface area contributed by atoms with Crippen molar-refractivity contribution < 1.29 is 79.1 Å². The molecule has 0 aliphatic rings. The van der Waals surface area contributed by atoms with Gasteiger partial charge in [-0.05, 0) is 0 Å². The third kappa shape index (κ3) is 8.82. The van der Waals surface area contributed by atoms with Gasteiger partial charge in [-0.1, -0.05) is 0 Å². The van der Waals surface area contributed by atoms with Crippen molar-refractivity contribution in [3.63, 3.8) is 0 Å². The molecule has 27 valence electrons. The predicted molar refractivity (Wildman–Crippen MR) is 0 cm³/mol. The summed E-state index contributed by atoms with van der Waals surface area (Å²) in [6.07, 6.45) is 0. The fourth-order valence-electron chi connectivity index (χ4n) is 0. The van der Waals surface area contributed by atoms with Crippen LogP contribution in [-0.4, -0.2) is 0 Å². The molecule has 3 radical (unpaired) electrons. The maximum atomic E-state index is 0. The third-order valence-electron chi connectivity index (χ3n) is 0. The van der Waals surface area contributed by atoms with Crippen LogP contribution < -0.4 is 0 Å². The van der Waals surface area contributed by atoms with E-state index < -0.39 is 0 Å². The molecule has 0 fully saturated rings. The molecule has 4 heteroatoms. The number of hydrogen-bond donors (Lipinski definition) is 0. The second kappa shape index (κ2) is 17.7. The molecule has 0 aliphatic carbocycles. The van der Waals surface area contributed by atoms with Gasteiger partial charge in [0.2, 0.25) is 0 Å². The summed E-state index contributed by atoms with van der Waals surface area (Å²) < 4.78 is 0. The molecular formula is CuNbVW. The van der Waals surface area contributed by atoms with Crippen molar-refractivity contribution in [2.75, 3.05) is 0 Å². The van der Waals surface area contributed by atoms with Crippen LogP contribution in [0.4, 0.5) is 0 Å². The van der Waals surface area contributed by atoms with Gasteiger partial charge in [-0.3, -0.25) is 0 Å². The van der Waals surface area contributed by atoms with Crippen molar-refractivity contribution in [1.29, 1.82) is 0 Å². The Kier molecular flexibility index (Phi) is 138. The molecule has 0 N–H and O–H groups in total. The van der Waals surface area contributed by atoms with Crippen LogP contribution in [0.15, 0.2) is 0 Å². The molecule has 0 atom stereocenters. The maximum Gasteiger partial charge on any atom is 0 e. The van der Waals surface area contributed by atoms with Crippen molar-refractivity contribution in [3.8, 4) is 0 Å². The Balaban J connectivity index is 0. The van der Waals surface area contributed by atoms with E-state index in [1.54, 1.807) is 0 Å². The zero-order valence-electron chi connectivity index (χ0n) is 1.60. The van der Waals surface area contributed by atoms with Gasteiger partial charge in [-0.15, -0.1) is 0 Å². The summed E-state index contributed by atoms with van der Waals surface area (Å²) in [6, 6.07) is 0. The van der Waals surface area contributed by atoms with Crippen LogP contribution in [0.5, 0.6) is 0 Å². The van der Waals surface area contributed by atoms with Crippen LogP contribution in [0.1, 0.15) is 0 Å². The molecule has 0 nitrogen and oxygen atoms in total. The van der Waals surface area contributed by atoms with E-state index in [1.165, 1.54) is 0 Å². The van der Waals surface area contributed by atoms with E-state index in [1.807, 2.05) is 0 Å². The van der Waals surface area contributed by atoms with Gasteiger partial charge in [0.15, 0.2) is 0 Å². The third-order valence-corrected chi connectivity index (χ3v) is 0. The Morgan fingerprint density at radius 2 is 1.00 bits per heavy atom. The average molecular weight is 391 g/mol. The molecule has 0 amide bonds. The van der Waals surface area contributed by atoms with E-state index in [9.17, 15) is 0 Å².